The van der Waals surface area contributed by atoms with Crippen LogP contribution in [0, 0.1) is 0 Å². The lowest BCUT2D eigenvalue weighted by molar-refractivity contribution is -0.136. The van der Waals surface area contributed by atoms with E-state index in [2.05, 4.69) is 10.2 Å². The highest BCUT2D eigenvalue weighted by molar-refractivity contribution is 7.99. The smallest absolute Gasteiger partial charge is 0.337 e. The summed E-state index contributed by atoms with van der Waals surface area (Å²) >= 11 is 1.43. The largest absolute Gasteiger partial charge is 0.494 e. The Hall–Kier alpha value is -2.68. The molecule has 0 bridgehead atoms. The van der Waals surface area contributed by atoms with Gasteiger partial charge in [-0.25, -0.2) is 9.47 Å². The summed E-state index contributed by atoms with van der Waals surface area (Å²) in [5.41, 5.74) is 1.43. The van der Waals surface area contributed by atoms with Gasteiger partial charge in [0.05, 0.1) is 19.3 Å². The quantitative estimate of drug-likeness (QED) is 0.437. The molecular weight excluding hydrogens is 368 g/mol. The molecule has 0 spiro atoms. The molecule has 0 radical (unpaired) electrons. The summed E-state index contributed by atoms with van der Waals surface area (Å²) in [5, 5.41) is 8.91. The number of rotatable bonds is 7. The van der Waals surface area contributed by atoms with Crippen LogP contribution < -0.4 is 10.6 Å². The number of carbonyl (C=O) groups excluding carboxylic acids is 1. The first kappa shape index (κ1) is 19.1. The zero-order chi connectivity index (χ0) is 19.4. The van der Waals surface area contributed by atoms with Crippen LogP contribution in [0.3, 0.4) is 0 Å². The summed E-state index contributed by atoms with van der Waals surface area (Å²) in [6.07, 6.45) is 0.380. The number of hydrogen-bond acceptors (Lipinski definition) is 8. The third-order valence-corrected chi connectivity index (χ3v) is 5.19. The number of nitrogen functional groups attached to an aromatic ring is 1. The number of ether oxygens (including phenoxy) is 3. The highest BCUT2D eigenvalue weighted by Crippen LogP contribution is 2.30. The molecule has 2 heterocycles. The molecule has 1 aliphatic heterocycles. The number of carbonyl (C=O) groups is 1. The number of benzene rings is 1. The Bertz CT molecular complexity index is 848. The highest BCUT2D eigenvalue weighted by atomic mass is 32.2. The Morgan fingerprint density at radius 1 is 1.37 bits per heavy atom. The predicted octanol–water partition coefficient (Wildman–Crippen LogP) is 2.39. The maximum atomic E-state index is 11.7. The molecule has 0 saturated carbocycles. The maximum absolute atomic E-state index is 11.7. The van der Waals surface area contributed by atoms with E-state index in [1.165, 1.54) is 23.5 Å². The summed E-state index contributed by atoms with van der Waals surface area (Å²) in [6.45, 7) is 4.32. The number of nitrogens with zero attached hydrogens (tertiary/aromatic N) is 3. The minimum absolute atomic E-state index is 0.130. The Balaban J connectivity index is 1.62. The number of aromatic nitrogens is 3. The van der Waals surface area contributed by atoms with Crippen LogP contribution in [0.5, 0.6) is 5.75 Å². The molecule has 0 saturated heterocycles. The molecule has 0 fully saturated rings. The van der Waals surface area contributed by atoms with Crippen molar-refractivity contribution in [3.63, 3.8) is 0 Å². The average Bonchev–Trinajstić information content (AvgIpc) is 3.23. The lowest BCUT2D eigenvalue weighted by Gasteiger charge is -2.10. The second-order valence-corrected chi connectivity index (χ2v) is 6.90. The van der Waals surface area contributed by atoms with E-state index in [4.69, 9.17) is 20.1 Å². The fourth-order valence-electron chi connectivity index (χ4n) is 2.78. The van der Waals surface area contributed by atoms with Crippen molar-refractivity contribution in [1.82, 2.24) is 14.9 Å². The van der Waals surface area contributed by atoms with E-state index in [1.807, 2.05) is 31.2 Å². The Labute approximate surface area is 161 Å². The summed E-state index contributed by atoms with van der Waals surface area (Å²) < 4.78 is 17.4. The lowest BCUT2D eigenvalue weighted by Crippen LogP contribution is -2.15. The first-order valence-corrected chi connectivity index (χ1v) is 9.53. The van der Waals surface area contributed by atoms with Gasteiger partial charge in [0.15, 0.2) is 5.82 Å². The Kier molecular flexibility index (Phi) is 5.90. The van der Waals surface area contributed by atoms with Crippen LogP contribution in [0.1, 0.15) is 20.3 Å². The zero-order valence-corrected chi connectivity index (χ0v) is 16.3. The molecule has 27 heavy (non-hydrogen) atoms. The van der Waals surface area contributed by atoms with Crippen LogP contribution in [-0.2, 0) is 14.3 Å². The van der Waals surface area contributed by atoms with Crippen LogP contribution in [0.2, 0.25) is 0 Å². The minimum Gasteiger partial charge on any atom is -0.494 e. The zero-order valence-electron chi connectivity index (χ0n) is 15.5. The number of methoxy groups -OCH3 is 1. The molecule has 0 aliphatic carbocycles. The van der Waals surface area contributed by atoms with Crippen LogP contribution in [0.4, 0.5) is 0 Å². The van der Waals surface area contributed by atoms with Gasteiger partial charge in [-0.2, -0.15) is 0 Å². The lowest BCUT2D eigenvalue weighted by atomic mass is 10.1. The average molecular weight is 390 g/mol. The Morgan fingerprint density at radius 2 is 2.11 bits per heavy atom. The maximum Gasteiger partial charge on any atom is 0.337 e. The standard InChI is InChI=1S/C18H22N4O4S/c1-4-25-13-7-5-12(6-8-13)16-20-21-18(22(16)19)27-10-14-9-15(11(2)26-14)17(23)24-3/h5-8,14H,4,9-10,19H2,1-3H3/t14-/m0/s1. The van der Waals surface area contributed by atoms with Gasteiger partial charge in [0.1, 0.15) is 17.6 Å². The van der Waals surface area contributed by atoms with Gasteiger partial charge in [-0.15, -0.1) is 10.2 Å². The third-order valence-electron chi connectivity index (χ3n) is 4.12. The highest BCUT2D eigenvalue weighted by Gasteiger charge is 2.29. The molecule has 1 aromatic heterocycles. The van der Waals surface area contributed by atoms with E-state index < -0.39 is 0 Å². The van der Waals surface area contributed by atoms with Crippen molar-refractivity contribution in [1.29, 1.82) is 0 Å². The first-order chi connectivity index (χ1) is 13.0. The summed E-state index contributed by atoms with van der Waals surface area (Å²) in [5.74, 6) is 8.37. The second-order valence-electron chi connectivity index (χ2n) is 5.91. The number of esters is 1. The van der Waals surface area contributed by atoms with Gasteiger partial charge in [0, 0.05) is 17.7 Å². The molecule has 9 heteroatoms. The minimum atomic E-state index is -0.347. The van der Waals surface area contributed by atoms with E-state index >= 15 is 0 Å². The van der Waals surface area contributed by atoms with Gasteiger partial charge in [-0.1, -0.05) is 11.8 Å². The number of thioether (sulfide) groups is 1. The van der Waals surface area contributed by atoms with Crippen LogP contribution in [-0.4, -0.2) is 46.4 Å². The molecule has 144 valence electrons. The van der Waals surface area contributed by atoms with Crippen LogP contribution >= 0.6 is 11.8 Å². The van der Waals surface area contributed by atoms with Crippen molar-refractivity contribution in [2.45, 2.75) is 31.5 Å². The van der Waals surface area contributed by atoms with Crippen LogP contribution in [0.15, 0.2) is 40.8 Å². The van der Waals surface area contributed by atoms with Gasteiger partial charge in [-0.05, 0) is 38.1 Å². The van der Waals surface area contributed by atoms with Gasteiger partial charge in [0.2, 0.25) is 5.16 Å². The molecule has 2 N–H and O–H groups in total. The second kappa shape index (κ2) is 8.34. The normalized spacial score (nSPS) is 16.3. The Morgan fingerprint density at radius 3 is 2.78 bits per heavy atom. The van der Waals surface area contributed by atoms with Gasteiger partial charge >= 0.3 is 5.97 Å². The van der Waals surface area contributed by atoms with E-state index in [9.17, 15) is 4.79 Å². The fourth-order valence-corrected chi connectivity index (χ4v) is 3.63. The van der Waals surface area contributed by atoms with E-state index in [1.54, 1.807) is 6.92 Å². The van der Waals surface area contributed by atoms with Crippen molar-refractivity contribution >= 4 is 17.7 Å². The topological polar surface area (TPSA) is 101 Å². The summed E-state index contributed by atoms with van der Waals surface area (Å²) in [6, 6.07) is 7.52. The van der Waals surface area contributed by atoms with Crippen molar-refractivity contribution in [2.24, 2.45) is 0 Å². The van der Waals surface area contributed by atoms with E-state index in [0.717, 1.165) is 11.3 Å². The molecule has 8 nitrogen and oxygen atoms in total. The molecule has 1 atom stereocenters. The summed E-state index contributed by atoms with van der Waals surface area (Å²) in [4.78, 5) is 11.7. The van der Waals surface area contributed by atoms with Crippen molar-refractivity contribution in [3.05, 3.63) is 35.6 Å². The third kappa shape index (κ3) is 4.19. The molecular formula is C18H22N4O4S. The predicted molar refractivity (Wildman–Crippen MR) is 102 cm³/mol. The van der Waals surface area contributed by atoms with E-state index in [-0.39, 0.29) is 12.1 Å². The first-order valence-electron chi connectivity index (χ1n) is 8.54. The van der Waals surface area contributed by atoms with Gasteiger partial charge in [-0.3, -0.25) is 0 Å². The van der Waals surface area contributed by atoms with Crippen LogP contribution in [0.25, 0.3) is 11.4 Å². The van der Waals surface area contributed by atoms with Crippen molar-refractivity contribution < 1.29 is 19.0 Å². The molecule has 1 aliphatic rings. The number of hydrogen-bond donors (Lipinski definition) is 1. The number of nitrogens with two attached hydrogens (primary N) is 1. The van der Waals surface area contributed by atoms with E-state index in [0.29, 0.717) is 41.1 Å². The summed E-state index contributed by atoms with van der Waals surface area (Å²) in [7, 11) is 1.37. The van der Waals surface area contributed by atoms with Crippen molar-refractivity contribution in [2.75, 3.05) is 25.3 Å². The monoisotopic (exact) mass is 390 g/mol. The van der Waals surface area contributed by atoms with Crippen molar-refractivity contribution in [3.8, 4) is 17.1 Å². The van der Waals surface area contributed by atoms with Gasteiger partial charge < -0.3 is 20.1 Å². The molecule has 0 amide bonds. The molecule has 2 aromatic rings. The molecule has 1 aromatic carbocycles. The fraction of sp³-hybridized carbons (Fsp3) is 0.389. The van der Waals surface area contributed by atoms with Gasteiger partial charge in [0.25, 0.3) is 0 Å². The number of allylic oxidation sites excluding steroid dienone is 1. The SMILES string of the molecule is CCOc1ccc(-c2nnc(SC[C@@H]3CC(C(=O)OC)=C(C)O3)n2N)cc1. The molecule has 3 rings (SSSR count). The molecule has 0 unspecified atom stereocenters.